The quantitative estimate of drug-likeness (QED) is 0.584. The van der Waals surface area contributed by atoms with Gasteiger partial charge in [0, 0.05) is 11.6 Å². The van der Waals surface area contributed by atoms with Crippen molar-refractivity contribution < 1.29 is 4.79 Å². The second-order valence-electron chi connectivity index (χ2n) is 5.52. The number of para-hydroxylation sites is 1. The van der Waals surface area contributed by atoms with Gasteiger partial charge in [-0.05, 0) is 30.7 Å². The molecule has 7 heteroatoms. The van der Waals surface area contributed by atoms with Crippen LogP contribution in [0, 0.1) is 6.92 Å². The molecule has 0 saturated heterocycles. The van der Waals surface area contributed by atoms with E-state index in [1.54, 1.807) is 6.20 Å². The van der Waals surface area contributed by atoms with Gasteiger partial charge in [0.05, 0.1) is 28.0 Å². The third-order valence-electron chi connectivity index (χ3n) is 3.64. The number of pyridine rings is 1. The Kier molecular flexibility index (Phi) is 4.25. The topological polar surface area (TPSA) is 67.8 Å². The first-order chi connectivity index (χ1) is 12.2. The number of carbonyl (C=O) groups excluding carboxylic acids is 1. The van der Waals surface area contributed by atoms with Crippen molar-refractivity contribution in [3.63, 3.8) is 0 Å². The largest absolute Gasteiger partial charge is 0.302 e. The van der Waals surface area contributed by atoms with Crippen LogP contribution in [0.3, 0.4) is 0 Å². The van der Waals surface area contributed by atoms with Crippen LogP contribution in [0.5, 0.6) is 0 Å². The molecule has 0 aliphatic carbocycles. The smallest absolute Gasteiger partial charge is 0.232 e. The summed E-state index contributed by atoms with van der Waals surface area (Å²) in [4.78, 5) is 25.6. The van der Waals surface area contributed by atoms with Gasteiger partial charge >= 0.3 is 0 Å². The van der Waals surface area contributed by atoms with Crippen molar-refractivity contribution >= 4 is 43.9 Å². The number of amides is 1. The Bertz CT molecular complexity index is 1040. The maximum atomic E-state index is 12.3. The summed E-state index contributed by atoms with van der Waals surface area (Å²) in [6.45, 7) is 2.02. The van der Waals surface area contributed by atoms with Gasteiger partial charge in [-0.15, -0.1) is 11.3 Å². The predicted octanol–water partition coefficient (Wildman–Crippen LogP) is 4.30. The maximum Gasteiger partial charge on any atom is 0.232 e. The van der Waals surface area contributed by atoms with E-state index in [9.17, 15) is 4.79 Å². The van der Waals surface area contributed by atoms with Gasteiger partial charge in [0.15, 0.2) is 5.13 Å². The fourth-order valence-corrected chi connectivity index (χ4v) is 4.22. The number of nitrogens with one attached hydrogen (secondary N) is 1. The lowest BCUT2D eigenvalue weighted by molar-refractivity contribution is -0.115. The molecule has 0 unspecified atom stereocenters. The normalized spacial score (nSPS) is 10.9. The summed E-state index contributed by atoms with van der Waals surface area (Å²) in [6.07, 6.45) is 1.95. The van der Waals surface area contributed by atoms with Crippen LogP contribution >= 0.6 is 22.7 Å². The highest BCUT2D eigenvalue weighted by atomic mass is 32.1. The molecule has 0 radical (unpaired) electrons. The summed E-state index contributed by atoms with van der Waals surface area (Å²) < 4.78 is 1.07. The second-order valence-corrected chi connectivity index (χ2v) is 7.41. The SMILES string of the molecule is Cc1cccc2sc(NC(=O)Cc3csc(-c4ccccn4)n3)nc12. The highest BCUT2D eigenvalue weighted by Gasteiger charge is 2.12. The molecule has 0 aliphatic rings. The third-order valence-corrected chi connectivity index (χ3v) is 5.49. The van der Waals surface area contributed by atoms with Gasteiger partial charge in [-0.2, -0.15) is 0 Å². The average molecular weight is 366 g/mol. The molecule has 1 N–H and O–H groups in total. The van der Waals surface area contributed by atoms with E-state index in [4.69, 9.17) is 0 Å². The van der Waals surface area contributed by atoms with E-state index in [2.05, 4.69) is 20.3 Å². The number of carbonyl (C=O) groups is 1. The molecule has 0 aliphatic heterocycles. The summed E-state index contributed by atoms with van der Waals surface area (Å²) in [7, 11) is 0. The number of hydrogen-bond acceptors (Lipinski definition) is 6. The van der Waals surface area contributed by atoms with Crippen molar-refractivity contribution in [1.82, 2.24) is 15.0 Å². The minimum Gasteiger partial charge on any atom is -0.302 e. The molecule has 0 spiro atoms. The summed E-state index contributed by atoms with van der Waals surface area (Å²) in [5.41, 5.74) is 3.60. The molecule has 4 aromatic rings. The van der Waals surface area contributed by atoms with Crippen LogP contribution in [-0.4, -0.2) is 20.9 Å². The van der Waals surface area contributed by atoms with Crippen LogP contribution in [0.4, 0.5) is 5.13 Å². The molecule has 0 fully saturated rings. The van der Waals surface area contributed by atoms with Crippen molar-refractivity contribution in [3.05, 3.63) is 59.2 Å². The molecule has 0 atom stereocenters. The van der Waals surface area contributed by atoms with Crippen molar-refractivity contribution in [2.45, 2.75) is 13.3 Å². The number of aromatic nitrogens is 3. The molecule has 3 heterocycles. The van der Waals surface area contributed by atoms with Crippen LogP contribution in [0.15, 0.2) is 48.0 Å². The van der Waals surface area contributed by atoms with Gasteiger partial charge in [-0.1, -0.05) is 29.5 Å². The van der Waals surface area contributed by atoms with E-state index in [1.165, 1.54) is 22.7 Å². The van der Waals surface area contributed by atoms with E-state index >= 15 is 0 Å². The summed E-state index contributed by atoms with van der Waals surface area (Å²) >= 11 is 2.97. The van der Waals surface area contributed by atoms with Crippen LogP contribution < -0.4 is 5.32 Å². The third kappa shape index (κ3) is 3.42. The lowest BCUT2D eigenvalue weighted by Gasteiger charge is -1.99. The number of anilines is 1. The zero-order chi connectivity index (χ0) is 17.2. The second kappa shape index (κ2) is 6.70. The molecule has 5 nitrogen and oxygen atoms in total. The van der Waals surface area contributed by atoms with Gasteiger partial charge in [0.25, 0.3) is 0 Å². The van der Waals surface area contributed by atoms with Crippen LogP contribution in [0.25, 0.3) is 20.9 Å². The summed E-state index contributed by atoms with van der Waals surface area (Å²) in [6, 6.07) is 11.7. The lowest BCUT2D eigenvalue weighted by atomic mass is 10.2. The number of thiazole rings is 2. The molecule has 1 aromatic carbocycles. The molecule has 4 rings (SSSR count). The summed E-state index contributed by atoms with van der Waals surface area (Å²) in [5, 5.41) is 6.21. The number of benzene rings is 1. The van der Waals surface area contributed by atoms with E-state index in [0.29, 0.717) is 5.13 Å². The molecule has 1 amide bonds. The Hall–Kier alpha value is -2.64. The van der Waals surface area contributed by atoms with Gasteiger partial charge < -0.3 is 5.32 Å². The van der Waals surface area contributed by atoms with Gasteiger partial charge in [0.2, 0.25) is 5.91 Å². The van der Waals surface area contributed by atoms with Crippen molar-refractivity contribution in [3.8, 4) is 10.7 Å². The van der Waals surface area contributed by atoms with Gasteiger partial charge in [0.1, 0.15) is 5.01 Å². The number of fused-ring (bicyclic) bond motifs is 1. The first kappa shape index (κ1) is 15.9. The fourth-order valence-electron chi connectivity index (χ4n) is 2.46. The Morgan fingerprint density at radius 3 is 2.88 bits per heavy atom. The molecular formula is C18H14N4OS2. The van der Waals surface area contributed by atoms with Crippen LogP contribution in [0.1, 0.15) is 11.3 Å². The van der Waals surface area contributed by atoms with Crippen molar-refractivity contribution in [1.29, 1.82) is 0 Å². The number of nitrogens with zero attached hydrogens (tertiary/aromatic N) is 3. The Morgan fingerprint density at radius 1 is 1.16 bits per heavy atom. The molecule has 3 aromatic heterocycles. The van der Waals surface area contributed by atoms with Gasteiger partial charge in [-0.25, -0.2) is 9.97 Å². The standard InChI is InChI=1S/C18H14N4OS2/c1-11-5-4-7-14-16(11)22-18(25-14)21-15(23)9-12-10-24-17(20-12)13-6-2-3-8-19-13/h2-8,10H,9H2,1H3,(H,21,22,23). The minimum atomic E-state index is -0.116. The van der Waals surface area contributed by atoms with E-state index in [0.717, 1.165) is 32.2 Å². The van der Waals surface area contributed by atoms with Crippen molar-refractivity contribution in [2.75, 3.05) is 5.32 Å². The summed E-state index contributed by atoms with van der Waals surface area (Å²) in [5.74, 6) is -0.116. The monoisotopic (exact) mass is 366 g/mol. The molecule has 124 valence electrons. The average Bonchev–Trinajstić information content (AvgIpc) is 3.23. The van der Waals surface area contributed by atoms with E-state index in [1.807, 2.05) is 48.7 Å². The highest BCUT2D eigenvalue weighted by molar-refractivity contribution is 7.22. The number of aryl methyl sites for hydroxylation is 1. The number of hydrogen-bond donors (Lipinski definition) is 1. The van der Waals surface area contributed by atoms with Crippen LogP contribution in [-0.2, 0) is 11.2 Å². The first-order valence-corrected chi connectivity index (χ1v) is 9.40. The van der Waals surface area contributed by atoms with Crippen LogP contribution in [0.2, 0.25) is 0 Å². The van der Waals surface area contributed by atoms with Crippen molar-refractivity contribution in [2.24, 2.45) is 0 Å². The minimum absolute atomic E-state index is 0.116. The highest BCUT2D eigenvalue weighted by Crippen LogP contribution is 2.28. The maximum absolute atomic E-state index is 12.3. The van der Waals surface area contributed by atoms with E-state index < -0.39 is 0 Å². The molecular weight excluding hydrogens is 352 g/mol. The van der Waals surface area contributed by atoms with Gasteiger partial charge in [-0.3, -0.25) is 9.78 Å². The first-order valence-electron chi connectivity index (χ1n) is 7.71. The Labute approximate surface area is 152 Å². The Balaban J connectivity index is 1.47. The molecule has 25 heavy (non-hydrogen) atoms. The fraction of sp³-hybridized carbons (Fsp3) is 0.111. The number of rotatable bonds is 4. The zero-order valence-electron chi connectivity index (χ0n) is 13.4. The lowest BCUT2D eigenvalue weighted by Crippen LogP contribution is -2.14. The molecule has 0 saturated carbocycles. The Morgan fingerprint density at radius 2 is 2.08 bits per heavy atom. The predicted molar refractivity (Wildman–Crippen MR) is 102 cm³/mol. The molecule has 0 bridgehead atoms. The van der Waals surface area contributed by atoms with E-state index in [-0.39, 0.29) is 12.3 Å². The zero-order valence-corrected chi connectivity index (χ0v) is 15.0.